The third-order valence-corrected chi connectivity index (χ3v) is 5.66. The van der Waals surface area contributed by atoms with E-state index in [9.17, 15) is 9.90 Å². The number of piperidine rings is 1. The van der Waals surface area contributed by atoms with Crippen LogP contribution in [-0.2, 0) is 4.74 Å². The molecule has 3 heterocycles. The number of aromatic nitrogens is 1. The molecule has 2 atom stereocenters. The van der Waals surface area contributed by atoms with E-state index < -0.39 is 5.97 Å². The minimum atomic E-state index is -1.02. The molecule has 142 valence electrons. The first-order valence-corrected chi connectivity index (χ1v) is 9.40. The van der Waals surface area contributed by atoms with Crippen molar-refractivity contribution in [2.75, 3.05) is 18.0 Å². The number of nitrogens with zero attached hydrogens (tertiary/aromatic N) is 2. The Labute approximate surface area is 158 Å². The maximum atomic E-state index is 11.2. The van der Waals surface area contributed by atoms with Gasteiger partial charge in [-0.2, -0.15) is 0 Å². The van der Waals surface area contributed by atoms with E-state index in [1.54, 1.807) is 6.07 Å². The number of hydrogen-bond donors (Lipinski definition) is 2. The summed E-state index contributed by atoms with van der Waals surface area (Å²) in [4.78, 5) is 17.2. The van der Waals surface area contributed by atoms with Crippen LogP contribution in [-0.4, -0.2) is 46.0 Å². The number of ether oxygens (including phenoxy) is 1. The maximum absolute atomic E-state index is 11.2. The molecular weight excluding hydrogens is 344 g/mol. The topological polar surface area (TPSA) is 82.9 Å². The molecule has 0 amide bonds. The average molecular weight is 368 g/mol. The molecule has 2 N–H and O–H groups in total. The molecule has 1 aromatic heterocycles. The summed E-state index contributed by atoms with van der Waals surface area (Å²) in [5.74, 6) is -1.02. The summed E-state index contributed by atoms with van der Waals surface area (Å²) in [6.07, 6.45) is 3.98. The molecule has 4 rings (SSSR count). The van der Waals surface area contributed by atoms with E-state index in [0.717, 1.165) is 37.2 Å². The monoisotopic (exact) mass is 368 g/mol. The van der Waals surface area contributed by atoms with Crippen molar-refractivity contribution in [2.24, 2.45) is 0 Å². The van der Waals surface area contributed by atoms with Gasteiger partial charge in [-0.25, -0.2) is 9.78 Å². The summed E-state index contributed by atoms with van der Waals surface area (Å²) in [7, 11) is 0. The molecule has 2 aromatic rings. The molecule has 2 aliphatic heterocycles. The fourth-order valence-electron chi connectivity index (χ4n) is 4.26. The minimum absolute atomic E-state index is 0.0567. The number of hydrogen-bond acceptors (Lipinski definition) is 5. The highest BCUT2D eigenvalue weighted by Gasteiger charge is 2.43. The van der Waals surface area contributed by atoms with Crippen molar-refractivity contribution in [1.29, 1.82) is 0 Å². The smallest absolute Gasteiger partial charge is 0.354 e. The van der Waals surface area contributed by atoms with Crippen LogP contribution >= 0.6 is 0 Å². The van der Waals surface area contributed by atoms with Crippen LogP contribution in [0.5, 0.6) is 0 Å². The Hall–Kier alpha value is -2.44. The van der Waals surface area contributed by atoms with Crippen LogP contribution in [0, 0.1) is 0 Å². The van der Waals surface area contributed by atoms with Crippen molar-refractivity contribution in [2.45, 2.75) is 43.5 Å². The molecule has 2 fully saturated rings. The highest BCUT2D eigenvalue weighted by molar-refractivity contribution is 5.86. The fraction of sp³-hybridized carbons (Fsp3) is 0.429. The van der Waals surface area contributed by atoms with Crippen molar-refractivity contribution in [3.05, 3.63) is 59.9 Å². The largest absolute Gasteiger partial charge is 0.477 e. The predicted octanol–water partition coefficient (Wildman–Crippen LogP) is 3.03. The lowest BCUT2D eigenvalue weighted by molar-refractivity contribution is -0.173. The second kappa shape index (κ2) is 7.29. The molecule has 1 spiro atoms. The van der Waals surface area contributed by atoms with Gasteiger partial charge in [0.25, 0.3) is 0 Å². The van der Waals surface area contributed by atoms with Crippen LogP contribution in [0.4, 0.5) is 5.69 Å². The maximum Gasteiger partial charge on any atom is 0.354 e. The van der Waals surface area contributed by atoms with Crippen LogP contribution in [0.3, 0.4) is 0 Å². The van der Waals surface area contributed by atoms with E-state index in [4.69, 9.17) is 9.84 Å². The quantitative estimate of drug-likeness (QED) is 0.867. The van der Waals surface area contributed by atoms with Gasteiger partial charge in [0.05, 0.1) is 17.8 Å². The lowest BCUT2D eigenvalue weighted by Gasteiger charge is -2.48. The lowest BCUT2D eigenvalue weighted by Crippen LogP contribution is -2.51. The molecule has 0 radical (unpaired) electrons. The van der Waals surface area contributed by atoms with Crippen LogP contribution in [0.1, 0.15) is 47.8 Å². The number of carboxylic acids is 1. The summed E-state index contributed by atoms with van der Waals surface area (Å²) in [5, 5.41) is 19.6. The third-order valence-electron chi connectivity index (χ3n) is 5.66. The normalized spacial score (nSPS) is 24.7. The number of anilines is 1. The van der Waals surface area contributed by atoms with Crippen molar-refractivity contribution in [3.8, 4) is 0 Å². The molecule has 27 heavy (non-hydrogen) atoms. The number of benzene rings is 1. The van der Waals surface area contributed by atoms with E-state index in [1.165, 1.54) is 6.20 Å². The summed E-state index contributed by atoms with van der Waals surface area (Å²) in [6.45, 7) is 1.52. The van der Waals surface area contributed by atoms with Gasteiger partial charge in [0.15, 0.2) is 0 Å². The van der Waals surface area contributed by atoms with Gasteiger partial charge >= 0.3 is 5.97 Å². The highest BCUT2D eigenvalue weighted by Crippen LogP contribution is 2.43. The second-order valence-electron chi connectivity index (χ2n) is 7.49. The van der Waals surface area contributed by atoms with Crippen LogP contribution < -0.4 is 4.90 Å². The van der Waals surface area contributed by atoms with Gasteiger partial charge in [0.1, 0.15) is 5.69 Å². The highest BCUT2D eigenvalue weighted by atomic mass is 16.5. The first-order chi connectivity index (χ1) is 13.0. The molecule has 2 aliphatic rings. The van der Waals surface area contributed by atoms with Gasteiger partial charge in [0, 0.05) is 37.8 Å². The van der Waals surface area contributed by atoms with Crippen molar-refractivity contribution < 1.29 is 19.7 Å². The van der Waals surface area contributed by atoms with Crippen molar-refractivity contribution >= 4 is 11.7 Å². The number of aliphatic hydroxyl groups is 1. The molecule has 6 heteroatoms. The zero-order valence-corrected chi connectivity index (χ0v) is 15.1. The minimum Gasteiger partial charge on any atom is -0.477 e. The van der Waals surface area contributed by atoms with Gasteiger partial charge < -0.3 is 19.8 Å². The summed E-state index contributed by atoms with van der Waals surface area (Å²) in [6, 6.07) is 13.5. The number of aromatic carboxylic acids is 1. The third kappa shape index (κ3) is 3.82. The standard InChI is InChI=1S/C21H24N2O4/c24-17-13-19(15-4-2-1-3-5-15)27-21(14-17)7-10-23(11-8-21)16-6-9-22-18(12-16)20(25)26/h1-6,9,12,17,19,24H,7-8,10-11,13-14H2,(H,25,26)/t17-,19+/m0/s1. The zero-order valence-electron chi connectivity index (χ0n) is 15.1. The second-order valence-corrected chi connectivity index (χ2v) is 7.49. The molecule has 0 unspecified atom stereocenters. The van der Waals surface area contributed by atoms with Gasteiger partial charge in [-0.1, -0.05) is 30.3 Å². The molecular formula is C21H24N2O4. The Bertz CT molecular complexity index is 803. The Balaban J connectivity index is 1.47. The zero-order chi connectivity index (χ0) is 18.9. The molecule has 0 saturated carbocycles. The van der Waals surface area contributed by atoms with E-state index in [1.807, 2.05) is 24.3 Å². The Morgan fingerprint density at radius 2 is 1.93 bits per heavy atom. The molecule has 1 aromatic carbocycles. The summed E-state index contributed by atoms with van der Waals surface area (Å²) in [5.41, 5.74) is 1.71. The van der Waals surface area contributed by atoms with E-state index >= 15 is 0 Å². The lowest BCUT2D eigenvalue weighted by atomic mass is 9.81. The number of aliphatic hydroxyl groups excluding tert-OH is 1. The van der Waals surface area contributed by atoms with Gasteiger partial charge in [-0.05, 0) is 30.5 Å². The summed E-state index contributed by atoms with van der Waals surface area (Å²) < 4.78 is 6.52. The van der Waals surface area contributed by atoms with Gasteiger partial charge in [-0.15, -0.1) is 0 Å². The number of rotatable bonds is 3. The first kappa shape index (κ1) is 17.9. The van der Waals surface area contributed by atoms with E-state index in [2.05, 4.69) is 22.0 Å². The van der Waals surface area contributed by atoms with E-state index in [0.29, 0.717) is 12.8 Å². The first-order valence-electron chi connectivity index (χ1n) is 9.40. The van der Waals surface area contributed by atoms with E-state index in [-0.39, 0.29) is 23.5 Å². The molecule has 0 aliphatic carbocycles. The van der Waals surface area contributed by atoms with Gasteiger partial charge in [0.2, 0.25) is 0 Å². The Kier molecular flexibility index (Phi) is 4.85. The van der Waals surface area contributed by atoms with Crippen molar-refractivity contribution in [3.63, 3.8) is 0 Å². The number of carbonyl (C=O) groups is 1. The SMILES string of the molecule is O=C(O)c1cc(N2CCC3(CC2)C[C@@H](O)C[C@H](c2ccccc2)O3)ccn1. The van der Waals surface area contributed by atoms with Crippen LogP contribution in [0.2, 0.25) is 0 Å². The van der Waals surface area contributed by atoms with Crippen molar-refractivity contribution in [1.82, 2.24) is 4.98 Å². The Morgan fingerprint density at radius 3 is 2.63 bits per heavy atom. The summed E-state index contributed by atoms with van der Waals surface area (Å²) >= 11 is 0. The molecule has 6 nitrogen and oxygen atoms in total. The van der Waals surface area contributed by atoms with Crippen LogP contribution in [0.25, 0.3) is 0 Å². The number of pyridine rings is 1. The average Bonchev–Trinajstić information content (AvgIpc) is 2.69. The Morgan fingerprint density at radius 1 is 1.19 bits per heavy atom. The molecule has 2 saturated heterocycles. The van der Waals surface area contributed by atoms with Gasteiger partial charge in [-0.3, -0.25) is 0 Å². The number of carboxylic acid groups (broad SMARTS) is 1. The van der Waals surface area contributed by atoms with Crippen LogP contribution in [0.15, 0.2) is 48.7 Å². The molecule has 0 bridgehead atoms. The fourth-order valence-corrected chi connectivity index (χ4v) is 4.26. The predicted molar refractivity (Wildman–Crippen MR) is 101 cm³/mol.